The van der Waals surface area contributed by atoms with E-state index >= 15 is 0 Å². The summed E-state index contributed by atoms with van der Waals surface area (Å²) in [6, 6.07) is 7.74. The fourth-order valence-corrected chi connectivity index (χ4v) is 4.93. The van der Waals surface area contributed by atoms with E-state index in [0.717, 1.165) is 35.2 Å². The van der Waals surface area contributed by atoms with Crippen LogP contribution in [0.15, 0.2) is 48.5 Å². The van der Waals surface area contributed by atoms with Gasteiger partial charge in [0.2, 0.25) is 0 Å². The number of halogens is 5. The molecule has 2 aliphatic heterocycles. The molecule has 12 heteroatoms. The molecular formula is C25H19ClF4N4O3. The van der Waals surface area contributed by atoms with Gasteiger partial charge in [0.25, 0.3) is 12.3 Å². The third-order valence-corrected chi connectivity index (χ3v) is 6.85. The second-order valence-electron chi connectivity index (χ2n) is 8.71. The Morgan fingerprint density at radius 3 is 2.57 bits per heavy atom. The molecule has 3 amide bonds. The van der Waals surface area contributed by atoms with Gasteiger partial charge in [0.1, 0.15) is 11.6 Å². The molecule has 3 aromatic rings. The molecule has 7 nitrogen and oxygen atoms in total. The van der Waals surface area contributed by atoms with Gasteiger partial charge < -0.3 is 21.1 Å². The number of aliphatic hydroxyl groups is 1. The first-order valence-corrected chi connectivity index (χ1v) is 11.4. The van der Waals surface area contributed by atoms with Crippen molar-refractivity contribution in [1.29, 1.82) is 0 Å². The van der Waals surface area contributed by atoms with Crippen molar-refractivity contribution in [3.8, 4) is 0 Å². The van der Waals surface area contributed by atoms with Gasteiger partial charge in [-0.25, -0.2) is 22.4 Å². The van der Waals surface area contributed by atoms with Crippen molar-refractivity contribution >= 4 is 40.6 Å². The van der Waals surface area contributed by atoms with Crippen molar-refractivity contribution in [2.24, 2.45) is 0 Å². The van der Waals surface area contributed by atoms with Gasteiger partial charge in [-0.3, -0.25) is 9.69 Å². The second-order valence-corrected chi connectivity index (χ2v) is 9.12. The van der Waals surface area contributed by atoms with Gasteiger partial charge in [0, 0.05) is 40.0 Å². The Labute approximate surface area is 213 Å². The Kier molecular flexibility index (Phi) is 5.99. The van der Waals surface area contributed by atoms with Crippen LogP contribution in [0, 0.1) is 11.6 Å². The highest BCUT2D eigenvalue weighted by atomic mass is 35.5. The van der Waals surface area contributed by atoms with Crippen molar-refractivity contribution in [2.45, 2.75) is 18.1 Å². The van der Waals surface area contributed by atoms with E-state index < -0.39 is 53.7 Å². The average Bonchev–Trinajstić information content (AvgIpc) is 3.35. The fraction of sp³-hybridized carbons (Fsp3) is 0.200. The van der Waals surface area contributed by atoms with Crippen LogP contribution in [0.1, 0.15) is 33.1 Å². The maximum absolute atomic E-state index is 14.0. The number of carbonyl (C=O) groups excluding carboxylic acids is 2. The van der Waals surface area contributed by atoms with E-state index in [0.29, 0.717) is 5.69 Å². The molecule has 3 aromatic carbocycles. The smallest absolute Gasteiger partial charge is 0.326 e. The molecule has 192 valence electrons. The Morgan fingerprint density at radius 2 is 1.86 bits per heavy atom. The number of alkyl halides is 2. The molecule has 2 aliphatic rings. The van der Waals surface area contributed by atoms with Crippen LogP contribution in [-0.2, 0) is 5.60 Å². The van der Waals surface area contributed by atoms with E-state index in [2.05, 4.69) is 16.0 Å². The molecular weight excluding hydrogens is 516 g/mol. The zero-order valence-electron chi connectivity index (χ0n) is 19.1. The molecule has 2 heterocycles. The number of urea groups is 1. The summed E-state index contributed by atoms with van der Waals surface area (Å²) in [5, 5.41) is 19.0. The van der Waals surface area contributed by atoms with Crippen LogP contribution in [-0.4, -0.2) is 37.1 Å². The molecule has 0 radical (unpaired) electrons. The van der Waals surface area contributed by atoms with E-state index in [-0.39, 0.29) is 33.1 Å². The number of fused-ring (bicyclic) bond motifs is 2. The highest BCUT2D eigenvalue weighted by Gasteiger charge is 2.50. The summed E-state index contributed by atoms with van der Waals surface area (Å²) in [5.41, 5.74) is -2.02. The van der Waals surface area contributed by atoms with Gasteiger partial charge in [-0.05, 0) is 48.5 Å². The Morgan fingerprint density at radius 1 is 1.16 bits per heavy atom. The van der Waals surface area contributed by atoms with E-state index in [1.807, 2.05) is 0 Å². The van der Waals surface area contributed by atoms with Crippen LogP contribution < -0.4 is 20.9 Å². The summed E-state index contributed by atoms with van der Waals surface area (Å²) in [6.45, 7) is -0.834. The number of β-amino-alcohol motifs (C(OH)–C–C–N with tert-alkyl or cyclic N) is 1. The molecule has 0 aliphatic carbocycles. The number of anilines is 3. The summed E-state index contributed by atoms with van der Waals surface area (Å²) >= 11 is 6.29. The maximum Gasteiger partial charge on any atom is 0.326 e. The number of hydrogen-bond acceptors (Lipinski definition) is 4. The lowest BCUT2D eigenvalue weighted by atomic mass is 9.95. The minimum absolute atomic E-state index is 0.0953. The molecule has 37 heavy (non-hydrogen) atoms. The van der Waals surface area contributed by atoms with Crippen LogP contribution in [0.3, 0.4) is 0 Å². The van der Waals surface area contributed by atoms with Crippen molar-refractivity contribution in [2.75, 3.05) is 29.1 Å². The van der Waals surface area contributed by atoms with Crippen LogP contribution >= 0.6 is 11.6 Å². The molecule has 5 rings (SSSR count). The van der Waals surface area contributed by atoms with E-state index in [9.17, 15) is 32.3 Å². The predicted octanol–water partition coefficient (Wildman–Crippen LogP) is 5.00. The van der Waals surface area contributed by atoms with Gasteiger partial charge >= 0.3 is 6.03 Å². The number of benzene rings is 3. The normalized spacial score (nSPS) is 20.1. The first-order chi connectivity index (χ1) is 17.5. The third-order valence-electron chi connectivity index (χ3n) is 6.51. The topological polar surface area (TPSA) is 93.7 Å². The molecule has 0 fully saturated rings. The minimum atomic E-state index is -3.30. The zero-order chi connectivity index (χ0) is 26.6. The number of rotatable bonds is 4. The number of nitrogens with zero attached hydrogens (tertiary/aromatic N) is 1. The van der Waals surface area contributed by atoms with Crippen LogP contribution in [0.4, 0.5) is 39.4 Å². The van der Waals surface area contributed by atoms with Crippen molar-refractivity contribution in [1.82, 2.24) is 5.32 Å². The molecule has 4 N–H and O–H groups in total. The average molecular weight is 535 g/mol. The lowest BCUT2D eigenvalue weighted by Gasteiger charge is -2.24. The standard InChI is InChI=1S/C25H19ClF4N4O3/c1-31-13-8-15-20(21(33-22(15)35)14-6-11(27)2-4-17(14)26)18(9-13)32-24(36)34-10-25(37,23(29)30)16-7-12(28)3-5-19(16)34/h2-9,21,23,31,37H,10H2,1H3,(H,32,36)(H,33,35)/t21-,25-/m0/s1. The van der Waals surface area contributed by atoms with E-state index in [1.165, 1.54) is 18.2 Å². The lowest BCUT2D eigenvalue weighted by molar-refractivity contribution is -0.0892. The zero-order valence-corrected chi connectivity index (χ0v) is 19.8. The maximum atomic E-state index is 14.0. The van der Waals surface area contributed by atoms with Gasteiger partial charge in [0.05, 0.1) is 24.0 Å². The Bertz CT molecular complexity index is 1450. The molecule has 0 aromatic heterocycles. The summed E-state index contributed by atoms with van der Waals surface area (Å²) in [4.78, 5) is 27.1. The monoisotopic (exact) mass is 534 g/mol. The highest BCUT2D eigenvalue weighted by molar-refractivity contribution is 6.31. The fourth-order valence-electron chi connectivity index (χ4n) is 4.70. The predicted molar refractivity (Wildman–Crippen MR) is 129 cm³/mol. The van der Waals surface area contributed by atoms with E-state index in [1.54, 1.807) is 7.05 Å². The molecule has 2 atom stereocenters. The van der Waals surface area contributed by atoms with Crippen LogP contribution in [0.5, 0.6) is 0 Å². The quantitative estimate of drug-likeness (QED) is 0.355. The summed E-state index contributed by atoms with van der Waals surface area (Å²) < 4.78 is 55.5. The summed E-state index contributed by atoms with van der Waals surface area (Å²) in [6.07, 6.45) is -3.30. The minimum Gasteiger partial charge on any atom is -0.388 e. The molecule has 0 saturated heterocycles. The largest absolute Gasteiger partial charge is 0.388 e. The SMILES string of the molecule is CNc1cc(NC(=O)N2C[C@@](O)(C(F)F)c3cc(F)ccc32)c2c(c1)C(=O)N[C@H]2c1cc(F)ccc1Cl. The Balaban J connectivity index is 1.58. The molecule has 0 saturated carbocycles. The summed E-state index contributed by atoms with van der Waals surface area (Å²) in [5.74, 6) is -1.94. The first kappa shape index (κ1) is 24.8. The molecule has 0 spiro atoms. The van der Waals surface area contributed by atoms with Gasteiger partial charge in [-0.1, -0.05) is 11.6 Å². The second kappa shape index (κ2) is 8.93. The third kappa shape index (κ3) is 4.04. The van der Waals surface area contributed by atoms with Crippen molar-refractivity contribution in [3.63, 3.8) is 0 Å². The van der Waals surface area contributed by atoms with Gasteiger partial charge in [-0.15, -0.1) is 0 Å². The summed E-state index contributed by atoms with van der Waals surface area (Å²) in [7, 11) is 1.59. The van der Waals surface area contributed by atoms with Gasteiger partial charge in [-0.2, -0.15) is 0 Å². The first-order valence-electron chi connectivity index (χ1n) is 11.0. The van der Waals surface area contributed by atoms with Crippen LogP contribution in [0.2, 0.25) is 5.02 Å². The van der Waals surface area contributed by atoms with E-state index in [4.69, 9.17) is 11.6 Å². The molecule has 0 bridgehead atoms. The highest BCUT2D eigenvalue weighted by Crippen LogP contribution is 2.45. The van der Waals surface area contributed by atoms with Gasteiger partial charge in [0.15, 0.2) is 5.60 Å². The number of nitrogens with one attached hydrogen (secondary N) is 3. The lowest BCUT2D eigenvalue weighted by Crippen LogP contribution is -2.43. The van der Waals surface area contributed by atoms with Crippen molar-refractivity contribution < 1.29 is 32.3 Å². The molecule has 0 unspecified atom stereocenters. The number of hydrogen-bond donors (Lipinski definition) is 4. The Hall–Kier alpha value is -3.83. The number of amides is 3. The van der Waals surface area contributed by atoms with Crippen molar-refractivity contribution in [3.05, 3.63) is 87.4 Å². The number of carbonyl (C=O) groups is 2. The van der Waals surface area contributed by atoms with Crippen LogP contribution in [0.25, 0.3) is 0 Å².